The van der Waals surface area contributed by atoms with Gasteiger partial charge in [-0.25, -0.2) is 0 Å². The maximum atomic E-state index is 2.31. The van der Waals surface area contributed by atoms with E-state index in [2.05, 4.69) is 102 Å². The van der Waals surface area contributed by atoms with Crippen LogP contribution >= 0.6 is 0 Å². The first kappa shape index (κ1) is 13.8. The summed E-state index contributed by atoms with van der Waals surface area (Å²) >= 11 is 0. The van der Waals surface area contributed by atoms with E-state index in [-0.39, 0.29) is 0 Å². The normalized spacial score (nSPS) is 11.8. The Balaban J connectivity index is 1.82. The van der Waals surface area contributed by atoms with Crippen molar-refractivity contribution >= 4 is 48.7 Å². The van der Waals surface area contributed by atoms with E-state index >= 15 is 0 Å². The van der Waals surface area contributed by atoms with Crippen LogP contribution in [0, 0.1) is 0 Å². The molecular formula is C25H16N+. The predicted molar refractivity (Wildman–Crippen MR) is 110 cm³/mol. The largest absolute Gasteiger partial charge is 0.219 e. The molecule has 0 fully saturated rings. The predicted octanol–water partition coefficient (Wildman–Crippen LogP) is 6.04. The highest BCUT2D eigenvalue weighted by molar-refractivity contribution is 6.16. The van der Waals surface area contributed by atoms with Crippen LogP contribution in [0.4, 0.5) is 0 Å². The zero-order valence-corrected chi connectivity index (χ0v) is 14.2. The summed E-state index contributed by atoms with van der Waals surface area (Å²) in [4.78, 5) is 0. The van der Waals surface area contributed by atoms with Gasteiger partial charge in [-0.3, -0.25) is 0 Å². The second-order valence-electron chi connectivity index (χ2n) is 6.87. The van der Waals surface area contributed by atoms with Gasteiger partial charge in [0.2, 0.25) is 11.0 Å². The first-order chi connectivity index (χ1) is 12.9. The SMILES string of the molecule is c1ccc2c(c1)ccc1c2ccc2c1ccc1c3ccccc3cc[n+]12. The third kappa shape index (κ3) is 1.77. The van der Waals surface area contributed by atoms with Crippen LogP contribution in [0.3, 0.4) is 0 Å². The molecule has 0 N–H and O–H groups in total. The molecule has 0 atom stereocenters. The Kier molecular flexibility index (Phi) is 2.67. The molecule has 0 saturated carbocycles. The van der Waals surface area contributed by atoms with E-state index in [1.807, 2.05) is 0 Å². The van der Waals surface area contributed by atoms with E-state index in [0.717, 1.165) is 0 Å². The van der Waals surface area contributed by atoms with Crippen LogP contribution in [0.1, 0.15) is 0 Å². The van der Waals surface area contributed by atoms with Crippen LogP contribution in [0.15, 0.2) is 97.2 Å². The fourth-order valence-electron chi connectivity index (χ4n) is 4.27. The number of hydrogen-bond donors (Lipinski definition) is 0. The van der Waals surface area contributed by atoms with Gasteiger partial charge >= 0.3 is 0 Å². The topological polar surface area (TPSA) is 4.10 Å². The molecular weight excluding hydrogens is 314 g/mol. The molecule has 1 nitrogen and oxygen atoms in total. The Hall–Kier alpha value is -3.45. The molecule has 0 spiro atoms. The number of fused-ring (bicyclic) bond motifs is 9. The Morgan fingerprint density at radius 1 is 0.385 bits per heavy atom. The summed E-state index contributed by atoms with van der Waals surface area (Å²) in [6.07, 6.45) is 2.19. The Labute approximate surface area is 150 Å². The van der Waals surface area contributed by atoms with Crippen molar-refractivity contribution in [2.75, 3.05) is 0 Å². The third-order valence-electron chi connectivity index (χ3n) is 5.51. The van der Waals surface area contributed by atoms with Crippen molar-refractivity contribution in [2.45, 2.75) is 0 Å². The Morgan fingerprint density at radius 2 is 0.962 bits per heavy atom. The van der Waals surface area contributed by atoms with Crippen LogP contribution in [0.25, 0.3) is 48.7 Å². The van der Waals surface area contributed by atoms with Gasteiger partial charge in [0.05, 0.1) is 10.8 Å². The number of aromatic nitrogens is 1. The fourth-order valence-corrected chi connectivity index (χ4v) is 4.27. The van der Waals surface area contributed by atoms with Crippen molar-refractivity contribution in [3.63, 3.8) is 0 Å². The number of pyridine rings is 2. The molecule has 0 unspecified atom stereocenters. The van der Waals surface area contributed by atoms with Crippen molar-refractivity contribution < 1.29 is 4.40 Å². The maximum absolute atomic E-state index is 2.31. The van der Waals surface area contributed by atoms with Crippen LogP contribution < -0.4 is 4.40 Å². The molecule has 2 aromatic heterocycles. The monoisotopic (exact) mass is 330 g/mol. The second-order valence-corrected chi connectivity index (χ2v) is 6.87. The van der Waals surface area contributed by atoms with Crippen LogP contribution in [0.5, 0.6) is 0 Å². The molecule has 0 amide bonds. The lowest BCUT2D eigenvalue weighted by atomic mass is 9.98. The van der Waals surface area contributed by atoms with E-state index < -0.39 is 0 Å². The average molecular weight is 330 g/mol. The Morgan fingerprint density at radius 3 is 1.81 bits per heavy atom. The molecule has 1 heteroatoms. The van der Waals surface area contributed by atoms with Crippen LogP contribution in [-0.4, -0.2) is 0 Å². The Bertz CT molecular complexity index is 1360. The number of nitrogens with zero attached hydrogens (tertiary/aromatic N) is 1. The quantitative estimate of drug-likeness (QED) is 0.236. The summed E-state index contributed by atoms with van der Waals surface area (Å²) in [6.45, 7) is 0. The summed E-state index contributed by atoms with van der Waals surface area (Å²) in [6, 6.07) is 32.9. The summed E-state index contributed by atoms with van der Waals surface area (Å²) in [5, 5.41) is 9.09. The smallest absolute Gasteiger partial charge is 0.159 e. The molecule has 0 radical (unpaired) electrons. The van der Waals surface area contributed by atoms with Gasteiger partial charge < -0.3 is 0 Å². The van der Waals surface area contributed by atoms with E-state index in [1.165, 1.54) is 48.7 Å². The fraction of sp³-hybridized carbons (Fsp3) is 0. The van der Waals surface area contributed by atoms with Gasteiger partial charge in [-0.2, -0.15) is 4.40 Å². The molecule has 0 aliphatic carbocycles. The second kappa shape index (κ2) is 5.03. The van der Waals surface area contributed by atoms with Crippen molar-refractivity contribution in [2.24, 2.45) is 0 Å². The van der Waals surface area contributed by atoms with E-state index in [4.69, 9.17) is 0 Å². The number of rotatable bonds is 0. The first-order valence-electron chi connectivity index (χ1n) is 8.96. The van der Waals surface area contributed by atoms with Gasteiger partial charge in [-0.15, -0.1) is 0 Å². The molecule has 0 bridgehead atoms. The van der Waals surface area contributed by atoms with Gasteiger partial charge in [0.25, 0.3) is 0 Å². The summed E-state index contributed by atoms with van der Waals surface area (Å²) in [5.41, 5.74) is 2.49. The van der Waals surface area contributed by atoms with Crippen LogP contribution in [0.2, 0.25) is 0 Å². The lowest BCUT2D eigenvalue weighted by molar-refractivity contribution is -0.480. The molecule has 6 aromatic rings. The van der Waals surface area contributed by atoms with Crippen molar-refractivity contribution in [3.05, 3.63) is 97.2 Å². The minimum atomic E-state index is 1.25. The van der Waals surface area contributed by atoms with E-state index in [9.17, 15) is 0 Å². The molecule has 6 rings (SSSR count). The molecule has 0 aliphatic heterocycles. The van der Waals surface area contributed by atoms with Crippen molar-refractivity contribution in [1.29, 1.82) is 0 Å². The third-order valence-corrected chi connectivity index (χ3v) is 5.51. The lowest BCUT2D eigenvalue weighted by Gasteiger charge is -2.07. The van der Waals surface area contributed by atoms with Gasteiger partial charge in [0.15, 0.2) is 6.20 Å². The maximum Gasteiger partial charge on any atom is 0.219 e. The number of benzene rings is 4. The first-order valence-corrected chi connectivity index (χ1v) is 8.96. The van der Waals surface area contributed by atoms with Crippen molar-refractivity contribution in [1.82, 2.24) is 0 Å². The van der Waals surface area contributed by atoms with Gasteiger partial charge in [0, 0.05) is 18.2 Å². The van der Waals surface area contributed by atoms with E-state index in [1.54, 1.807) is 0 Å². The molecule has 26 heavy (non-hydrogen) atoms. The minimum Gasteiger partial charge on any atom is -0.159 e. The minimum absolute atomic E-state index is 1.25. The van der Waals surface area contributed by atoms with Gasteiger partial charge in [-0.1, -0.05) is 54.6 Å². The standard InChI is InChI=1S/C25H16N/c1-3-7-19-17(5-1)9-10-22-21(19)11-13-25-23(22)12-14-24-20-8-4-2-6-18(20)15-16-26(24)25/h1-16H/q+1. The number of hydrogen-bond acceptors (Lipinski definition) is 0. The molecule has 4 aromatic carbocycles. The van der Waals surface area contributed by atoms with E-state index in [0.29, 0.717) is 0 Å². The highest BCUT2D eigenvalue weighted by Gasteiger charge is 2.14. The van der Waals surface area contributed by atoms with Crippen molar-refractivity contribution in [3.8, 4) is 0 Å². The highest BCUT2D eigenvalue weighted by Crippen LogP contribution is 2.31. The zero-order chi connectivity index (χ0) is 17.1. The zero-order valence-electron chi connectivity index (χ0n) is 14.2. The molecule has 0 saturated heterocycles. The highest BCUT2D eigenvalue weighted by atomic mass is 14.9. The van der Waals surface area contributed by atoms with Gasteiger partial charge in [0.1, 0.15) is 0 Å². The summed E-state index contributed by atoms with van der Waals surface area (Å²) in [5.74, 6) is 0. The summed E-state index contributed by atoms with van der Waals surface area (Å²) < 4.78 is 2.31. The molecule has 0 aliphatic rings. The molecule has 120 valence electrons. The molecule has 2 heterocycles. The summed E-state index contributed by atoms with van der Waals surface area (Å²) in [7, 11) is 0. The van der Waals surface area contributed by atoms with Gasteiger partial charge in [-0.05, 0) is 45.1 Å². The average Bonchev–Trinajstić information content (AvgIpc) is 2.72. The lowest BCUT2D eigenvalue weighted by Crippen LogP contribution is -2.22. The van der Waals surface area contributed by atoms with Crippen LogP contribution in [-0.2, 0) is 0 Å².